The Morgan fingerprint density at radius 1 is 0.967 bits per heavy atom. The molecule has 1 amide bonds. The van der Waals surface area contributed by atoms with Crippen molar-refractivity contribution in [2.45, 2.75) is 18.8 Å². The Balaban J connectivity index is 1.57. The van der Waals surface area contributed by atoms with E-state index in [2.05, 4.69) is 0 Å². The van der Waals surface area contributed by atoms with Gasteiger partial charge in [0.05, 0.1) is 13.2 Å². The molecular weight excluding hydrogens is 412 g/mol. The van der Waals surface area contributed by atoms with Crippen molar-refractivity contribution in [1.29, 1.82) is 0 Å². The van der Waals surface area contributed by atoms with Crippen molar-refractivity contribution in [3.63, 3.8) is 0 Å². The largest absolute Gasteiger partial charge is 0.441 e. The van der Waals surface area contributed by atoms with Gasteiger partial charge < -0.3 is 9.47 Å². The van der Waals surface area contributed by atoms with Crippen LogP contribution < -0.4 is 4.90 Å². The Morgan fingerprint density at radius 2 is 1.70 bits per heavy atom. The third-order valence-corrected chi connectivity index (χ3v) is 5.09. The summed E-state index contributed by atoms with van der Waals surface area (Å²) in [6, 6.07) is 18.2. The van der Waals surface area contributed by atoms with E-state index in [-0.39, 0.29) is 19.0 Å². The van der Waals surface area contributed by atoms with Crippen LogP contribution in [-0.2, 0) is 16.1 Å². The maximum atomic E-state index is 13.9. The molecule has 3 aromatic carbocycles. The van der Waals surface area contributed by atoms with Crippen LogP contribution in [0.1, 0.15) is 17.2 Å². The Bertz CT molecular complexity index is 1030. The summed E-state index contributed by atoms with van der Waals surface area (Å²) in [5, 5.41) is 0.535. The van der Waals surface area contributed by atoms with E-state index < -0.39 is 24.1 Å². The van der Waals surface area contributed by atoms with Crippen LogP contribution in [0.3, 0.4) is 0 Å². The minimum Gasteiger partial charge on any atom is -0.441 e. The summed E-state index contributed by atoms with van der Waals surface area (Å²) in [6.07, 6.45) is -1.21. The summed E-state index contributed by atoms with van der Waals surface area (Å²) in [5.74, 6) is -0.734. The smallest absolute Gasteiger partial charge is 0.415 e. The molecule has 1 heterocycles. The van der Waals surface area contributed by atoms with E-state index in [1.165, 1.54) is 29.2 Å². The molecule has 0 aliphatic carbocycles. The first-order valence-corrected chi connectivity index (χ1v) is 9.72. The molecule has 0 spiro atoms. The maximum Gasteiger partial charge on any atom is 0.415 e. The average molecular weight is 430 g/mol. The molecule has 0 radical (unpaired) electrons. The monoisotopic (exact) mass is 429 g/mol. The van der Waals surface area contributed by atoms with Crippen LogP contribution in [0, 0.1) is 11.6 Å². The molecule has 4 nitrogen and oxygen atoms in total. The van der Waals surface area contributed by atoms with Gasteiger partial charge in [-0.15, -0.1) is 0 Å². The molecule has 3 aromatic rings. The third-order valence-electron chi connectivity index (χ3n) is 4.84. The fraction of sp³-hybridized carbons (Fsp3) is 0.174. The molecule has 1 aliphatic heterocycles. The lowest BCUT2D eigenvalue weighted by molar-refractivity contribution is 0.0273. The van der Waals surface area contributed by atoms with Crippen molar-refractivity contribution in [2.75, 3.05) is 11.5 Å². The van der Waals surface area contributed by atoms with Crippen molar-refractivity contribution in [1.82, 2.24) is 0 Å². The van der Waals surface area contributed by atoms with Crippen LogP contribution in [0.4, 0.5) is 19.3 Å². The van der Waals surface area contributed by atoms with Gasteiger partial charge in [-0.1, -0.05) is 35.9 Å². The number of benzene rings is 3. The molecule has 1 saturated heterocycles. The first-order chi connectivity index (χ1) is 14.5. The number of ether oxygens (including phenoxy) is 2. The Hall–Kier alpha value is -2.96. The first-order valence-electron chi connectivity index (χ1n) is 9.34. The number of carbonyl (C=O) groups excluding carboxylic acids is 1. The molecule has 0 bridgehead atoms. The summed E-state index contributed by atoms with van der Waals surface area (Å²) in [5.41, 5.74) is 1.96. The van der Waals surface area contributed by atoms with Crippen LogP contribution >= 0.6 is 11.6 Å². The SMILES string of the molecule is O=C1O[C@@H](COCc2ccc(F)cc2)[C@H](c2cccc(F)c2)N1c1ccc(Cl)cc1. The highest BCUT2D eigenvalue weighted by Crippen LogP contribution is 2.38. The van der Waals surface area contributed by atoms with E-state index in [1.807, 2.05) is 0 Å². The predicted molar refractivity (Wildman–Crippen MR) is 109 cm³/mol. The fourth-order valence-corrected chi connectivity index (χ4v) is 3.58. The molecule has 0 saturated carbocycles. The minimum absolute atomic E-state index is 0.0917. The van der Waals surface area contributed by atoms with E-state index in [4.69, 9.17) is 21.1 Å². The van der Waals surface area contributed by atoms with Gasteiger partial charge >= 0.3 is 6.09 Å². The van der Waals surface area contributed by atoms with Crippen LogP contribution in [0.15, 0.2) is 72.8 Å². The second kappa shape index (κ2) is 8.81. The topological polar surface area (TPSA) is 38.8 Å². The number of hydrogen-bond acceptors (Lipinski definition) is 3. The van der Waals surface area contributed by atoms with Gasteiger partial charge in [0.2, 0.25) is 0 Å². The first kappa shape index (κ1) is 20.3. The van der Waals surface area contributed by atoms with Crippen LogP contribution in [-0.4, -0.2) is 18.8 Å². The highest BCUT2D eigenvalue weighted by molar-refractivity contribution is 6.30. The zero-order valence-electron chi connectivity index (χ0n) is 15.8. The summed E-state index contributed by atoms with van der Waals surface area (Å²) >= 11 is 5.97. The molecule has 0 N–H and O–H groups in total. The minimum atomic E-state index is -0.657. The summed E-state index contributed by atoms with van der Waals surface area (Å²) < 4.78 is 38.3. The summed E-state index contributed by atoms with van der Waals surface area (Å²) in [6.45, 7) is 0.319. The van der Waals surface area contributed by atoms with E-state index >= 15 is 0 Å². The van der Waals surface area contributed by atoms with Crippen LogP contribution in [0.2, 0.25) is 5.02 Å². The number of halogens is 3. The van der Waals surface area contributed by atoms with E-state index in [9.17, 15) is 13.6 Å². The van der Waals surface area contributed by atoms with Crippen molar-refractivity contribution in [3.8, 4) is 0 Å². The van der Waals surface area contributed by atoms with Gasteiger partial charge in [-0.05, 0) is 59.7 Å². The predicted octanol–water partition coefficient (Wildman–Crippen LogP) is 5.90. The maximum absolute atomic E-state index is 13.9. The summed E-state index contributed by atoms with van der Waals surface area (Å²) in [4.78, 5) is 14.2. The van der Waals surface area contributed by atoms with Crippen LogP contribution in [0.5, 0.6) is 0 Å². The van der Waals surface area contributed by atoms with Gasteiger partial charge in [-0.2, -0.15) is 0 Å². The molecule has 0 aromatic heterocycles. The third kappa shape index (κ3) is 4.45. The number of hydrogen-bond donors (Lipinski definition) is 0. The molecule has 30 heavy (non-hydrogen) atoms. The van der Waals surface area contributed by atoms with Crippen molar-refractivity contribution in [3.05, 3.63) is 101 Å². The van der Waals surface area contributed by atoms with Gasteiger partial charge in [0.15, 0.2) is 6.10 Å². The Kier molecular flexibility index (Phi) is 5.97. The van der Waals surface area contributed by atoms with Gasteiger partial charge in [-0.3, -0.25) is 4.90 Å². The molecular formula is C23H18ClF2NO3. The Morgan fingerprint density at radius 3 is 2.40 bits per heavy atom. The molecule has 0 unspecified atom stereocenters. The van der Waals surface area contributed by atoms with Crippen molar-refractivity contribution in [2.24, 2.45) is 0 Å². The second-order valence-electron chi connectivity index (χ2n) is 6.91. The molecule has 4 rings (SSSR count). The van der Waals surface area contributed by atoms with Gasteiger partial charge in [0.1, 0.15) is 17.7 Å². The standard InChI is InChI=1S/C23H18ClF2NO3/c24-17-6-10-20(11-7-17)27-22(16-2-1-3-19(26)12-16)21(30-23(27)28)14-29-13-15-4-8-18(25)9-5-15/h1-12,21-22H,13-14H2/t21-,22-/m0/s1. The van der Waals surface area contributed by atoms with Gasteiger partial charge in [-0.25, -0.2) is 13.6 Å². The lowest BCUT2D eigenvalue weighted by atomic mass is 10.0. The quantitative estimate of drug-likeness (QED) is 0.489. The van der Waals surface area contributed by atoms with E-state index in [0.29, 0.717) is 16.3 Å². The van der Waals surface area contributed by atoms with Crippen molar-refractivity contribution >= 4 is 23.4 Å². The molecule has 1 aliphatic rings. The zero-order chi connectivity index (χ0) is 21.1. The highest BCUT2D eigenvalue weighted by Gasteiger charge is 2.43. The number of anilines is 1. The lowest BCUT2D eigenvalue weighted by Gasteiger charge is -2.25. The number of nitrogens with zero attached hydrogens (tertiary/aromatic N) is 1. The number of cyclic esters (lactones) is 1. The average Bonchev–Trinajstić information content (AvgIpc) is 3.06. The second-order valence-corrected chi connectivity index (χ2v) is 7.35. The van der Waals surface area contributed by atoms with E-state index in [0.717, 1.165) is 5.56 Å². The number of amides is 1. The van der Waals surface area contributed by atoms with E-state index in [1.54, 1.807) is 48.5 Å². The molecule has 7 heteroatoms. The molecule has 154 valence electrons. The van der Waals surface area contributed by atoms with Crippen LogP contribution in [0.25, 0.3) is 0 Å². The normalized spacial score (nSPS) is 18.5. The van der Waals surface area contributed by atoms with Gasteiger partial charge in [0.25, 0.3) is 0 Å². The molecule has 1 fully saturated rings. The molecule has 2 atom stereocenters. The fourth-order valence-electron chi connectivity index (χ4n) is 3.45. The lowest BCUT2D eigenvalue weighted by Crippen LogP contribution is -2.31. The number of rotatable bonds is 6. The highest BCUT2D eigenvalue weighted by atomic mass is 35.5. The Labute approximate surface area is 177 Å². The van der Waals surface area contributed by atoms with Gasteiger partial charge in [0, 0.05) is 10.7 Å². The summed E-state index contributed by atoms with van der Waals surface area (Å²) in [7, 11) is 0. The van der Waals surface area contributed by atoms with Crippen molar-refractivity contribution < 1.29 is 23.0 Å². The zero-order valence-corrected chi connectivity index (χ0v) is 16.6. The number of carbonyl (C=O) groups is 1.